The molecular formula is C16H12F2N2O3. The molecule has 0 fully saturated rings. The van der Waals surface area contributed by atoms with E-state index in [0.717, 1.165) is 12.1 Å². The molecule has 0 saturated heterocycles. The zero-order valence-electron chi connectivity index (χ0n) is 12.1. The zero-order valence-corrected chi connectivity index (χ0v) is 12.1. The second-order valence-electron chi connectivity index (χ2n) is 4.60. The molecule has 118 valence electrons. The Bertz CT molecular complexity index is 821. The number of hydrogen-bond acceptors (Lipinski definition) is 5. The molecule has 0 aliphatic rings. The smallest absolute Gasteiger partial charge is 0.254 e. The molecule has 0 aliphatic carbocycles. The van der Waals surface area contributed by atoms with Crippen molar-refractivity contribution in [2.45, 2.75) is 6.61 Å². The summed E-state index contributed by atoms with van der Waals surface area (Å²) in [4.78, 5) is 0. The van der Waals surface area contributed by atoms with Crippen LogP contribution in [0.1, 0.15) is 5.89 Å². The van der Waals surface area contributed by atoms with E-state index in [2.05, 4.69) is 10.2 Å². The van der Waals surface area contributed by atoms with Crippen LogP contribution in [0.5, 0.6) is 11.5 Å². The van der Waals surface area contributed by atoms with Gasteiger partial charge in [-0.05, 0) is 30.3 Å². The van der Waals surface area contributed by atoms with E-state index >= 15 is 0 Å². The van der Waals surface area contributed by atoms with Crippen LogP contribution in [0.4, 0.5) is 8.78 Å². The molecule has 3 rings (SSSR count). The van der Waals surface area contributed by atoms with Gasteiger partial charge < -0.3 is 13.9 Å². The maximum absolute atomic E-state index is 13.5. The predicted molar refractivity (Wildman–Crippen MR) is 77.0 cm³/mol. The average Bonchev–Trinajstić information content (AvgIpc) is 3.03. The minimum Gasteiger partial charge on any atom is -0.497 e. The van der Waals surface area contributed by atoms with Gasteiger partial charge in [0.25, 0.3) is 5.89 Å². The van der Waals surface area contributed by atoms with Crippen LogP contribution in [-0.2, 0) is 6.61 Å². The summed E-state index contributed by atoms with van der Waals surface area (Å²) >= 11 is 0. The number of methoxy groups -OCH3 is 1. The summed E-state index contributed by atoms with van der Waals surface area (Å²) in [5, 5.41) is 7.74. The Morgan fingerprint density at radius 2 is 1.96 bits per heavy atom. The molecule has 1 heterocycles. The maximum Gasteiger partial charge on any atom is 0.254 e. The normalized spacial score (nSPS) is 10.6. The van der Waals surface area contributed by atoms with Crippen LogP contribution in [0.25, 0.3) is 11.5 Å². The highest BCUT2D eigenvalue weighted by Gasteiger charge is 2.11. The van der Waals surface area contributed by atoms with Gasteiger partial charge in [-0.1, -0.05) is 6.07 Å². The van der Waals surface area contributed by atoms with Gasteiger partial charge in [0.05, 0.1) is 7.11 Å². The van der Waals surface area contributed by atoms with E-state index in [9.17, 15) is 8.78 Å². The third kappa shape index (κ3) is 3.45. The van der Waals surface area contributed by atoms with Gasteiger partial charge in [-0.2, -0.15) is 0 Å². The van der Waals surface area contributed by atoms with Crippen LogP contribution >= 0.6 is 0 Å². The Morgan fingerprint density at radius 3 is 2.74 bits per heavy atom. The molecular weight excluding hydrogens is 306 g/mol. The van der Waals surface area contributed by atoms with Gasteiger partial charge in [-0.3, -0.25) is 0 Å². The summed E-state index contributed by atoms with van der Waals surface area (Å²) in [6.07, 6.45) is 0. The molecule has 0 unspecified atom stereocenters. The van der Waals surface area contributed by atoms with Crippen LogP contribution in [0, 0.1) is 11.6 Å². The van der Waals surface area contributed by atoms with E-state index in [1.807, 2.05) is 0 Å². The zero-order chi connectivity index (χ0) is 16.2. The Hall–Kier alpha value is -2.96. The van der Waals surface area contributed by atoms with Crippen LogP contribution in [0.2, 0.25) is 0 Å². The highest BCUT2D eigenvalue weighted by Crippen LogP contribution is 2.23. The van der Waals surface area contributed by atoms with Gasteiger partial charge in [0.2, 0.25) is 5.89 Å². The average molecular weight is 318 g/mol. The number of ether oxygens (including phenoxy) is 2. The molecule has 0 bridgehead atoms. The third-order valence-electron chi connectivity index (χ3n) is 3.03. The van der Waals surface area contributed by atoms with Crippen LogP contribution in [0.3, 0.4) is 0 Å². The Balaban J connectivity index is 1.72. The van der Waals surface area contributed by atoms with E-state index in [1.54, 1.807) is 31.4 Å². The lowest BCUT2D eigenvalue weighted by Gasteiger charge is -2.04. The molecule has 2 aromatic carbocycles. The third-order valence-corrected chi connectivity index (χ3v) is 3.03. The van der Waals surface area contributed by atoms with Gasteiger partial charge in [-0.25, -0.2) is 8.78 Å². The van der Waals surface area contributed by atoms with Crippen LogP contribution in [-0.4, -0.2) is 17.3 Å². The second kappa shape index (κ2) is 6.43. The van der Waals surface area contributed by atoms with E-state index in [0.29, 0.717) is 17.2 Å². The van der Waals surface area contributed by atoms with Gasteiger partial charge >= 0.3 is 0 Å². The summed E-state index contributed by atoms with van der Waals surface area (Å²) in [6.45, 7) is -0.125. The summed E-state index contributed by atoms with van der Waals surface area (Å²) in [6, 6.07) is 10.2. The fraction of sp³-hybridized carbons (Fsp3) is 0.125. The topological polar surface area (TPSA) is 57.4 Å². The fourth-order valence-corrected chi connectivity index (χ4v) is 1.92. The number of rotatable bonds is 5. The maximum atomic E-state index is 13.5. The highest BCUT2D eigenvalue weighted by molar-refractivity contribution is 5.55. The lowest BCUT2D eigenvalue weighted by atomic mass is 10.2. The Labute approximate surface area is 130 Å². The highest BCUT2D eigenvalue weighted by atomic mass is 19.1. The van der Waals surface area contributed by atoms with E-state index in [1.165, 1.54) is 6.07 Å². The van der Waals surface area contributed by atoms with Crippen molar-refractivity contribution in [1.29, 1.82) is 0 Å². The molecule has 23 heavy (non-hydrogen) atoms. The molecule has 3 aromatic rings. The van der Waals surface area contributed by atoms with Gasteiger partial charge in [0.15, 0.2) is 18.2 Å². The number of benzene rings is 2. The Morgan fingerprint density at radius 1 is 1.09 bits per heavy atom. The SMILES string of the molecule is COc1cccc(-c2nnc(COc3ccc(F)cc3F)o2)c1. The second-order valence-corrected chi connectivity index (χ2v) is 4.60. The Kier molecular flexibility index (Phi) is 4.18. The lowest BCUT2D eigenvalue weighted by molar-refractivity contribution is 0.252. The van der Waals surface area contributed by atoms with Crippen molar-refractivity contribution in [1.82, 2.24) is 10.2 Å². The summed E-state index contributed by atoms with van der Waals surface area (Å²) in [7, 11) is 1.56. The molecule has 0 spiro atoms. The number of aromatic nitrogens is 2. The quantitative estimate of drug-likeness (QED) is 0.719. The summed E-state index contributed by atoms with van der Waals surface area (Å²) in [5.41, 5.74) is 0.691. The van der Waals surface area contributed by atoms with Crippen molar-refractivity contribution in [3.05, 3.63) is 60.0 Å². The van der Waals surface area contributed by atoms with Gasteiger partial charge in [0, 0.05) is 11.6 Å². The van der Waals surface area contributed by atoms with Crippen LogP contribution in [0.15, 0.2) is 46.9 Å². The number of halogens is 2. The molecule has 5 nitrogen and oxygen atoms in total. The number of nitrogens with zero attached hydrogens (tertiary/aromatic N) is 2. The first-order chi connectivity index (χ1) is 11.2. The largest absolute Gasteiger partial charge is 0.497 e. The van der Waals surface area contributed by atoms with Crippen molar-refractivity contribution >= 4 is 0 Å². The van der Waals surface area contributed by atoms with Crippen LogP contribution < -0.4 is 9.47 Å². The minimum absolute atomic E-state index is 0.0902. The van der Waals surface area contributed by atoms with E-state index < -0.39 is 11.6 Å². The first kappa shape index (κ1) is 15.0. The van der Waals surface area contributed by atoms with Crippen molar-refractivity contribution in [3.8, 4) is 23.0 Å². The first-order valence-corrected chi connectivity index (χ1v) is 6.70. The summed E-state index contributed by atoms with van der Waals surface area (Å²) in [5.74, 6) is -0.432. The minimum atomic E-state index is -0.794. The standard InChI is InChI=1S/C16H12F2N2O3/c1-21-12-4-2-3-10(7-12)16-20-19-15(23-16)9-22-14-6-5-11(17)8-13(14)18/h2-8H,9H2,1H3. The van der Waals surface area contributed by atoms with Crippen molar-refractivity contribution in [3.63, 3.8) is 0 Å². The molecule has 0 saturated carbocycles. The fourth-order valence-electron chi connectivity index (χ4n) is 1.92. The molecule has 1 aromatic heterocycles. The predicted octanol–water partition coefficient (Wildman–Crippen LogP) is 3.60. The molecule has 0 aliphatic heterocycles. The molecule has 0 N–H and O–H groups in total. The molecule has 0 atom stereocenters. The van der Waals surface area contributed by atoms with Gasteiger partial charge in [0.1, 0.15) is 11.6 Å². The van der Waals surface area contributed by atoms with Crippen molar-refractivity contribution in [2.75, 3.05) is 7.11 Å². The lowest BCUT2D eigenvalue weighted by Crippen LogP contribution is -1.98. The van der Waals surface area contributed by atoms with Crippen molar-refractivity contribution in [2.24, 2.45) is 0 Å². The number of hydrogen-bond donors (Lipinski definition) is 0. The molecule has 0 amide bonds. The molecule has 0 radical (unpaired) electrons. The van der Waals surface area contributed by atoms with Crippen molar-refractivity contribution < 1.29 is 22.7 Å². The van der Waals surface area contributed by atoms with E-state index in [-0.39, 0.29) is 18.2 Å². The van der Waals surface area contributed by atoms with E-state index in [4.69, 9.17) is 13.9 Å². The summed E-state index contributed by atoms with van der Waals surface area (Å²) < 4.78 is 42.1. The molecule has 7 heteroatoms. The van der Waals surface area contributed by atoms with Gasteiger partial charge in [-0.15, -0.1) is 10.2 Å². The first-order valence-electron chi connectivity index (χ1n) is 6.70. The monoisotopic (exact) mass is 318 g/mol.